The molecule has 0 bridgehead atoms. The van der Waals surface area contributed by atoms with Crippen LogP contribution in [0.5, 0.6) is 0 Å². The summed E-state index contributed by atoms with van der Waals surface area (Å²) in [5.41, 5.74) is 1.27. The van der Waals surface area contributed by atoms with E-state index in [9.17, 15) is 0 Å². The van der Waals surface area contributed by atoms with Crippen molar-refractivity contribution in [2.24, 2.45) is 5.92 Å². The summed E-state index contributed by atoms with van der Waals surface area (Å²) in [6.45, 7) is 7.06. The minimum absolute atomic E-state index is 0.627. The SMILES string of the molecule is CCCNCc1cc(Br)cnc1N1CCC(COC)C1. The molecular formula is C15H24BrN3O. The highest BCUT2D eigenvalue weighted by molar-refractivity contribution is 9.10. The summed E-state index contributed by atoms with van der Waals surface area (Å²) in [6.07, 6.45) is 4.23. The molecule has 1 aromatic heterocycles. The summed E-state index contributed by atoms with van der Waals surface area (Å²) in [5, 5.41) is 3.47. The molecule has 1 aliphatic heterocycles. The third-order valence-corrected chi connectivity index (χ3v) is 4.07. The first-order chi connectivity index (χ1) is 9.74. The number of hydrogen-bond donors (Lipinski definition) is 1. The Morgan fingerprint density at radius 1 is 1.55 bits per heavy atom. The van der Waals surface area contributed by atoms with Crippen LogP contribution in [0.15, 0.2) is 16.7 Å². The van der Waals surface area contributed by atoms with Crippen LogP contribution in [0.4, 0.5) is 5.82 Å². The molecule has 0 amide bonds. The molecule has 0 aliphatic carbocycles. The highest BCUT2D eigenvalue weighted by atomic mass is 79.9. The standard InChI is InChI=1S/C15H24BrN3O/c1-3-5-17-8-13-7-14(16)9-18-15(13)19-6-4-12(10-19)11-20-2/h7,9,12,17H,3-6,8,10-11H2,1-2H3. The molecule has 2 rings (SSSR count). The Morgan fingerprint density at radius 3 is 3.15 bits per heavy atom. The molecule has 112 valence electrons. The third kappa shape index (κ3) is 4.17. The van der Waals surface area contributed by atoms with Gasteiger partial charge in [0.2, 0.25) is 0 Å². The van der Waals surface area contributed by atoms with Crippen LogP contribution >= 0.6 is 15.9 Å². The van der Waals surface area contributed by atoms with Gasteiger partial charge in [-0.05, 0) is 41.4 Å². The molecule has 1 unspecified atom stereocenters. The van der Waals surface area contributed by atoms with Crippen LogP contribution < -0.4 is 10.2 Å². The van der Waals surface area contributed by atoms with Gasteiger partial charge in [0, 0.05) is 48.9 Å². The molecule has 0 saturated carbocycles. The van der Waals surface area contributed by atoms with Gasteiger partial charge in [-0.25, -0.2) is 4.98 Å². The van der Waals surface area contributed by atoms with Gasteiger partial charge in [-0.15, -0.1) is 0 Å². The highest BCUT2D eigenvalue weighted by Gasteiger charge is 2.25. The minimum Gasteiger partial charge on any atom is -0.384 e. The van der Waals surface area contributed by atoms with E-state index in [0.717, 1.165) is 49.5 Å². The molecule has 1 N–H and O–H groups in total. The molecular weight excluding hydrogens is 318 g/mol. The fourth-order valence-electron chi connectivity index (χ4n) is 2.69. The molecule has 1 aromatic rings. The van der Waals surface area contributed by atoms with E-state index in [1.165, 1.54) is 12.0 Å². The van der Waals surface area contributed by atoms with E-state index in [4.69, 9.17) is 4.74 Å². The Morgan fingerprint density at radius 2 is 2.40 bits per heavy atom. The van der Waals surface area contributed by atoms with Crippen molar-refractivity contribution in [2.75, 3.05) is 38.3 Å². The fraction of sp³-hybridized carbons (Fsp3) is 0.667. The van der Waals surface area contributed by atoms with Crippen molar-refractivity contribution < 1.29 is 4.74 Å². The number of methoxy groups -OCH3 is 1. The first-order valence-electron chi connectivity index (χ1n) is 7.33. The predicted molar refractivity (Wildman–Crippen MR) is 86.1 cm³/mol. The van der Waals surface area contributed by atoms with E-state index in [-0.39, 0.29) is 0 Å². The summed E-state index contributed by atoms with van der Waals surface area (Å²) < 4.78 is 6.32. The Kier molecular flexibility index (Phi) is 6.26. The van der Waals surface area contributed by atoms with Gasteiger partial charge >= 0.3 is 0 Å². The smallest absolute Gasteiger partial charge is 0.133 e. The summed E-state index contributed by atoms with van der Waals surface area (Å²) >= 11 is 3.52. The molecule has 5 heteroatoms. The number of aromatic nitrogens is 1. The van der Waals surface area contributed by atoms with E-state index in [1.54, 1.807) is 7.11 Å². The number of nitrogens with zero attached hydrogens (tertiary/aromatic N) is 2. The van der Waals surface area contributed by atoms with E-state index in [2.05, 4.69) is 44.1 Å². The van der Waals surface area contributed by atoms with Crippen molar-refractivity contribution in [1.82, 2.24) is 10.3 Å². The predicted octanol–water partition coefficient (Wildman–Crippen LogP) is 2.82. The van der Waals surface area contributed by atoms with Crippen LogP contribution in [0.25, 0.3) is 0 Å². The maximum atomic E-state index is 5.27. The lowest BCUT2D eigenvalue weighted by Crippen LogP contribution is -2.25. The molecule has 20 heavy (non-hydrogen) atoms. The third-order valence-electron chi connectivity index (χ3n) is 3.64. The Balaban J connectivity index is 2.06. The number of nitrogens with one attached hydrogen (secondary N) is 1. The second-order valence-electron chi connectivity index (χ2n) is 5.37. The van der Waals surface area contributed by atoms with Gasteiger partial charge in [0.05, 0.1) is 6.61 Å². The summed E-state index contributed by atoms with van der Waals surface area (Å²) in [4.78, 5) is 7.02. The largest absolute Gasteiger partial charge is 0.384 e. The van der Waals surface area contributed by atoms with Gasteiger partial charge in [-0.2, -0.15) is 0 Å². The molecule has 1 fully saturated rings. The van der Waals surface area contributed by atoms with Gasteiger partial charge in [0.1, 0.15) is 5.82 Å². The quantitative estimate of drug-likeness (QED) is 0.774. The molecule has 1 saturated heterocycles. The second-order valence-corrected chi connectivity index (χ2v) is 6.28. The van der Waals surface area contributed by atoms with Crippen molar-refractivity contribution in [3.63, 3.8) is 0 Å². The Labute approximate surface area is 130 Å². The summed E-state index contributed by atoms with van der Waals surface area (Å²) in [7, 11) is 1.78. The van der Waals surface area contributed by atoms with Crippen molar-refractivity contribution in [3.8, 4) is 0 Å². The van der Waals surface area contributed by atoms with Gasteiger partial charge in [0.25, 0.3) is 0 Å². The molecule has 0 radical (unpaired) electrons. The average Bonchev–Trinajstić information content (AvgIpc) is 2.88. The molecule has 1 aliphatic rings. The number of anilines is 1. The molecule has 0 spiro atoms. The van der Waals surface area contributed by atoms with Crippen molar-refractivity contribution in [1.29, 1.82) is 0 Å². The van der Waals surface area contributed by atoms with Crippen LogP contribution in [0.3, 0.4) is 0 Å². The number of ether oxygens (including phenoxy) is 1. The lowest BCUT2D eigenvalue weighted by molar-refractivity contribution is 0.161. The van der Waals surface area contributed by atoms with Crippen LogP contribution in [0.2, 0.25) is 0 Å². The first-order valence-corrected chi connectivity index (χ1v) is 8.13. The maximum Gasteiger partial charge on any atom is 0.133 e. The molecule has 0 aromatic carbocycles. The van der Waals surface area contributed by atoms with E-state index in [0.29, 0.717) is 5.92 Å². The lowest BCUT2D eigenvalue weighted by Gasteiger charge is -2.21. The van der Waals surface area contributed by atoms with Crippen LogP contribution in [0.1, 0.15) is 25.3 Å². The van der Waals surface area contributed by atoms with Crippen LogP contribution in [-0.4, -0.2) is 38.3 Å². The lowest BCUT2D eigenvalue weighted by atomic mass is 10.1. The minimum atomic E-state index is 0.627. The fourth-order valence-corrected chi connectivity index (χ4v) is 3.06. The van der Waals surface area contributed by atoms with Crippen molar-refractivity contribution in [2.45, 2.75) is 26.3 Å². The number of pyridine rings is 1. The van der Waals surface area contributed by atoms with Gasteiger partial charge in [-0.1, -0.05) is 6.92 Å². The maximum absolute atomic E-state index is 5.27. The Hall–Kier alpha value is -0.650. The van der Waals surface area contributed by atoms with Crippen molar-refractivity contribution >= 4 is 21.7 Å². The first kappa shape index (κ1) is 15.7. The van der Waals surface area contributed by atoms with Gasteiger partial charge in [-0.3, -0.25) is 0 Å². The van der Waals surface area contributed by atoms with Crippen LogP contribution in [-0.2, 0) is 11.3 Å². The number of halogens is 1. The topological polar surface area (TPSA) is 37.4 Å². The number of rotatable bonds is 7. The van der Waals surface area contributed by atoms with Crippen molar-refractivity contribution in [3.05, 3.63) is 22.3 Å². The highest BCUT2D eigenvalue weighted by Crippen LogP contribution is 2.27. The molecule has 1 atom stereocenters. The zero-order chi connectivity index (χ0) is 14.4. The van der Waals surface area contributed by atoms with Gasteiger partial charge < -0.3 is 15.0 Å². The van der Waals surface area contributed by atoms with E-state index >= 15 is 0 Å². The second kappa shape index (κ2) is 7.96. The normalized spacial score (nSPS) is 18.8. The zero-order valence-electron chi connectivity index (χ0n) is 12.4. The van der Waals surface area contributed by atoms with E-state index < -0.39 is 0 Å². The zero-order valence-corrected chi connectivity index (χ0v) is 13.9. The molecule has 2 heterocycles. The molecule has 4 nitrogen and oxygen atoms in total. The monoisotopic (exact) mass is 341 g/mol. The number of hydrogen-bond acceptors (Lipinski definition) is 4. The van der Waals surface area contributed by atoms with Gasteiger partial charge in [0.15, 0.2) is 0 Å². The summed E-state index contributed by atoms with van der Waals surface area (Å²) in [5.74, 6) is 1.75. The average molecular weight is 342 g/mol. The Bertz CT molecular complexity index is 428. The van der Waals surface area contributed by atoms with Crippen LogP contribution in [0, 0.1) is 5.92 Å². The van der Waals surface area contributed by atoms with E-state index in [1.807, 2.05) is 6.20 Å². The summed E-state index contributed by atoms with van der Waals surface area (Å²) in [6, 6.07) is 2.18.